The number of nitrogens with zero attached hydrogens (tertiary/aromatic N) is 2. The Morgan fingerprint density at radius 3 is 2.43 bits per heavy atom. The molecular formula is C10H6F3N5O4S. The third kappa shape index (κ3) is 2.29. The summed E-state index contributed by atoms with van der Waals surface area (Å²) < 4.78 is 62.7. The Labute approximate surface area is 123 Å². The number of sulfonamides is 1. The summed E-state index contributed by atoms with van der Waals surface area (Å²) in [6, 6.07) is 0.961. The third-order valence-corrected chi connectivity index (χ3v) is 4.03. The van der Waals surface area contributed by atoms with Gasteiger partial charge < -0.3 is 4.98 Å². The van der Waals surface area contributed by atoms with Crippen LogP contribution in [0.15, 0.2) is 26.6 Å². The Hall–Kier alpha value is -2.67. The van der Waals surface area contributed by atoms with Crippen molar-refractivity contribution in [1.29, 1.82) is 0 Å². The number of alkyl halides is 3. The van der Waals surface area contributed by atoms with E-state index in [1.807, 2.05) is 5.10 Å². The first-order valence-electron chi connectivity index (χ1n) is 5.77. The normalized spacial score (nSPS) is 13.0. The number of H-pyrrole nitrogens is 2. The number of aromatic amines is 2. The standard InChI is InChI=1S/C10H6F3N5O4S/c11-10(12,13)3-1-4-5(2-6(3)23(14,21)22)18-7(8(19)15-4)16-17-9(18)20/h1-2H,(H,15,19)(H,17,20)(H2,14,21,22). The van der Waals surface area contributed by atoms with Gasteiger partial charge in [-0.1, -0.05) is 0 Å². The topological polar surface area (TPSA) is 143 Å². The lowest BCUT2D eigenvalue weighted by Crippen LogP contribution is -2.22. The van der Waals surface area contributed by atoms with E-state index in [0.29, 0.717) is 16.5 Å². The van der Waals surface area contributed by atoms with Crippen molar-refractivity contribution < 1.29 is 21.6 Å². The number of nitrogens with one attached hydrogen (secondary N) is 2. The lowest BCUT2D eigenvalue weighted by Gasteiger charge is -2.13. The molecule has 2 aromatic heterocycles. The summed E-state index contributed by atoms with van der Waals surface area (Å²) >= 11 is 0. The molecule has 0 aliphatic carbocycles. The summed E-state index contributed by atoms with van der Waals surface area (Å²) in [5, 5.41) is 10.2. The van der Waals surface area contributed by atoms with Crippen LogP contribution in [0.25, 0.3) is 16.7 Å². The van der Waals surface area contributed by atoms with Gasteiger partial charge in [0.1, 0.15) is 0 Å². The van der Waals surface area contributed by atoms with Gasteiger partial charge in [0.05, 0.1) is 21.5 Å². The maximum Gasteiger partial charge on any atom is 0.417 e. The van der Waals surface area contributed by atoms with E-state index in [9.17, 15) is 31.2 Å². The van der Waals surface area contributed by atoms with E-state index in [1.165, 1.54) is 0 Å². The summed E-state index contributed by atoms with van der Waals surface area (Å²) in [6.45, 7) is 0. The molecule has 0 aliphatic heterocycles. The molecule has 0 radical (unpaired) electrons. The summed E-state index contributed by atoms with van der Waals surface area (Å²) in [5.74, 6) is 0. The fourth-order valence-electron chi connectivity index (χ4n) is 2.16. The maximum absolute atomic E-state index is 13.0. The van der Waals surface area contributed by atoms with Crippen LogP contribution in [0, 0.1) is 0 Å². The molecular weight excluding hydrogens is 343 g/mol. The van der Waals surface area contributed by atoms with Crippen LogP contribution < -0.4 is 16.4 Å². The Balaban J connectivity index is 2.63. The van der Waals surface area contributed by atoms with E-state index in [4.69, 9.17) is 5.14 Å². The second-order valence-electron chi connectivity index (χ2n) is 4.55. The van der Waals surface area contributed by atoms with Crippen LogP contribution in [0.4, 0.5) is 13.2 Å². The minimum Gasteiger partial charge on any atom is -0.317 e. The zero-order valence-corrected chi connectivity index (χ0v) is 11.6. The van der Waals surface area contributed by atoms with Gasteiger partial charge in [-0.15, -0.1) is 5.10 Å². The molecule has 0 atom stereocenters. The zero-order chi connectivity index (χ0) is 17.2. The highest BCUT2D eigenvalue weighted by atomic mass is 32.2. The summed E-state index contributed by atoms with van der Waals surface area (Å²) in [5.41, 5.74) is -4.52. The maximum atomic E-state index is 13.0. The lowest BCUT2D eigenvalue weighted by atomic mass is 10.2. The molecule has 0 aliphatic rings. The molecule has 13 heteroatoms. The summed E-state index contributed by atoms with van der Waals surface area (Å²) in [4.78, 5) is 24.3. The SMILES string of the molecule is NS(=O)(=O)c1cc2c(cc1C(F)(F)F)[nH]c(=O)c1n[nH]c(=O)n12. The highest BCUT2D eigenvalue weighted by Crippen LogP contribution is 2.35. The van der Waals surface area contributed by atoms with Crippen LogP contribution in [-0.4, -0.2) is 28.0 Å². The van der Waals surface area contributed by atoms with Gasteiger partial charge in [-0.25, -0.2) is 27.9 Å². The zero-order valence-electron chi connectivity index (χ0n) is 10.8. The molecule has 0 spiro atoms. The summed E-state index contributed by atoms with van der Waals surface area (Å²) in [7, 11) is -4.74. The van der Waals surface area contributed by atoms with Gasteiger partial charge >= 0.3 is 11.9 Å². The molecule has 9 nitrogen and oxygen atoms in total. The van der Waals surface area contributed by atoms with Gasteiger partial charge in [-0.05, 0) is 12.1 Å². The Morgan fingerprint density at radius 2 is 1.87 bits per heavy atom. The lowest BCUT2D eigenvalue weighted by molar-refractivity contribution is -0.139. The number of nitrogens with two attached hydrogens (primary N) is 1. The molecule has 0 unspecified atom stereocenters. The minimum atomic E-state index is -5.04. The predicted octanol–water partition coefficient (Wildman–Crippen LogP) is -0.470. The number of benzene rings is 1. The van der Waals surface area contributed by atoms with Crippen LogP contribution in [-0.2, 0) is 16.2 Å². The minimum absolute atomic E-state index is 0.296. The van der Waals surface area contributed by atoms with Crippen LogP contribution in [0.1, 0.15) is 5.56 Å². The highest BCUT2D eigenvalue weighted by Gasteiger charge is 2.37. The molecule has 3 aromatic rings. The van der Waals surface area contributed by atoms with Crippen molar-refractivity contribution >= 4 is 26.7 Å². The van der Waals surface area contributed by atoms with Crippen molar-refractivity contribution in [3.63, 3.8) is 0 Å². The average molecular weight is 349 g/mol. The molecule has 122 valence electrons. The Morgan fingerprint density at radius 1 is 1.22 bits per heavy atom. The van der Waals surface area contributed by atoms with Crippen molar-refractivity contribution in [1.82, 2.24) is 19.6 Å². The second kappa shape index (κ2) is 4.42. The van der Waals surface area contributed by atoms with E-state index in [1.54, 1.807) is 0 Å². The van der Waals surface area contributed by atoms with Gasteiger partial charge in [-0.3, -0.25) is 4.79 Å². The van der Waals surface area contributed by atoms with Crippen LogP contribution >= 0.6 is 0 Å². The highest BCUT2D eigenvalue weighted by molar-refractivity contribution is 7.89. The molecule has 2 heterocycles. The van der Waals surface area contributed by atoms with Gasteiger partial charge in [0.2, 0.25) is 15.7 Å². The van der Waals surface area contributed by atoms with E-state index in [2.05, 4.69) is 10.1 Å². The van der Waals surface area contributed by atoms with Crippen molar-refractivity contribution in [2.24, 2.45) is 5.14 Å². The number of fused-ring (bicyclic) bond motifs is 3. The molecule has 3 rings (SSSR count). The van der Waals surface area contributed by atoms with Crippen LogP contribution in [0.2, 0.25) is 0 Å². The Bertz CT molecular complexity index is 1170. The van der Waals surface area contributed by atoms with Gasteiger partial charge in [-0.2, -0.15) is 13.2 Å². The fraction of sp³-hybridized carbons (Fsp3) is 0.100. The van der Waals surface area contributed by atoms with E-state index in [-0.39, 0.29) is 5.52 Å². The third-order valence-electron chi connectivity index (χ3n) is 3.07. The second-order valence-corrected chi connectivity index (χ2v) is 6.08. The number of hydrogen-bond acceptors (Lipinski definition) is 5. The molecule has 0 amide bonds. The van der Waals surface area contributed by atoms with Crippen molar-refractivity contribution in [3.05, 3.63) is 38.5 Å². The number of halogens is 3. The van der Waals surface area contributed by atoms with Gasteiger partial charge in [0.15, 0.2) is 0 Å². The number of rotatable bonds is 1. The predicted molar refractivity (Wildman–Crippen MR) is 70.3 cm³/mol. The first kappa shape index (κ1) is 15.2. The smallest absolute Gasteiger partial charge is 0.317 e. The molecule has 0 bridgehead atoms. The largest absolute Gasteiger partial charge is 0.417 e. The molecule has 23 heavy (non-hydrogen) atoms. The number of hydrogen-bond donors (Lipinski definition) is 3. The van der Waals surface area contributed by atoms with Crippen molar-refractivity contribution in [3.8, 4) is 0 Å². The van der Waals surface area contributed by atoms with Gasteiger partial charge in [0.25, 0.3) is 5.56 Å². The van der Waals surface area contributed by atoms with Gasteiger partial charge in [0, 0.05) is 0 Å². The number of aromatic nitrogens is 4. The molecule has 1 aromatic carbocycles. The molecule has 0 saturated carbocycles. The van der Waals surface area contributed by atoms with E-state index < -0.39 is 49.1 Å². The van der Waals surface area contributed by atoms with Crippen LogP contribution in [0.5, 0.6) is 0 Å². The molecule has 0 fully saturated rings. The van der Waals surface area contributed by atoms with Crippen molar-refractivity contribution in [2.45, 2.75) is 11.1 Å². The molecule has 0 saturated heterocycles. The first-order chi connectivity index (χ1) is 10.5. The quantitative estimate of drug-likeness (QED) is 0.544. The summed E-state index contributed by atoms with van der Waals surface area (Å²) in [6.07, 6.45) is -5.04. The number of primary sulfonamides is 1. The average Bonchev–Trinajstić information content (AvgIpc) is 2.78. The van der Waals surface area contributed by atoms with Crippen molar-refractivity contribution in [2.75, 3.05) is 0 Å². The molecule has 4 N–H and O–H groups in total. The monoisotopic (exact) mass is 349 g/mol. The van der Waals surface area contributed by atoms with E-state index >= 15 is 0 Å². The van der Waals surface area contributed by atoms with Crippen LogP contribution in [0.3, 0.4) is 0 Å². The fourth-order valence-corrected chi connectivity index (χ4v) is 2.92. The Kier molecular flexibility index (Phi) is 2.93. The van der Waals surface area contributed by atoms with E-state index in [0.717, 1.165) is 0 Å². The first-order valence-corrected chi connectivity index (χ1v) is 7.32.